The Balaban J connectivity index is 2.70. The number of halogens is 2. The third-order valence-electron chi connectivity index (χ3n) is 2.34. The molecule has 0 spiro atoms. The molecule has 0 aliphatic rings. The van der Waals surface area contributed by atoms with E-state index in [0.29, 0.717) is 27.8 Å². The third-order valence-corrected chi connectivity index (χ3v) is 3.16. The van der Waals surface area contributed by atoms with E-state index in [9.17, 15) is 0 Å². The summed E-state index contributed by atoms with van der Waals surface area (Å²) in [6, 6.07) is 7.39. The molecule has 1 heterocycles. The second kappa shape index (κ2) is 4.40. The van der Waals surface area contributed by atoms with Crippen molar-refractivity contribution in [3.8, 4) is 11.8 Å². The lowest BCUT2D eigenvalue weighted by Gasteiger charge is -2.06. The van der Waals surface area contributed by atoms with Crippen molar-refractivity contribution in [2.45, 2.75) is 6.92 Å². The van der Waals surface area contributed by atoms with Gasteiger partial charge in [-0.1, -0.05) is 27.5 Å². The maximum atomic E-state index is 8.96. The molecule has 2 aromatic rings. The molecule has 0 atom stereocenters. The van der Waals surface area contributed by atoms with Crippen LogP contribution in [0.15, 0.2) is 22.7 Å². The Kier molecular flexibility index (Phi) is 3.09. The quantitative estimate of drug-likeness (QED) is 0.880. The zero-order valence-corrected chi connectivity index (χ0v) is 11.2. The highest BCUT2D eigenvalue weighted by Gasteiger charge is 2.15. The normalized spacial score (nSPS) is 10.2. The Morgan fingerprint density at radius 1 is 1.53 bits per heavy atom. The monoisotopic (exact) mass is 310 g/mol. The fourth-order valence-corrected chi connectivity index (χ4v) is 2.06. The largest absolute Gasteiger partial charge is 0.382 e. The second-order valence-corrected chi connectivity index (χ2v) is 4.79. The Bertz CT molecular complexity index is 627. The molecule has 0 fully saturated rings. The van der Waals surface area contributed by atoms with Crippen molar-refractivity contribution in [1.29, 1.82) is 5.26 Å². The van der Waals surface area contributed by atoms with Crippen molar-refractivity contribution < 1.29 is 0 Å². The maximum absolute atomic E-state index is 8.96. The molecule has 0 unspecified atom stereocenters. The van der Waals surface area contributed by atoms with Crippen molar-refractivity contribution >= 4 is 33.3 Å². The van der Waals surface area contributed by atoms with Gasteiger partial charge in [0.05, 0.1) is 16.4 Å². The molecular weight excluding hydrogens is 304 g/mol. The van der Waals surface area contributed by atoms with Gasteiger partial charge >= 0.3 is 0 Å². The second-order valence-electron chi connectivity index (χ2n) is 3.46. The lowest BCUT2D eigenvalue weighted by molar-refractivity contribution is 0.871. The van der Waals surface area contributed by atoms with Crippen LogP contribution >= 0.6 is 27.5 Å². The van der Waals surface area contributed by atoms with Gasteiger partial charge in [-0.05, 0) is 25.1 Å². The Labute approximate surface area is 112 Å². The lowest BCUT2D eigenvalue weighted by atomic mass is 10.2. The van der Waals surface area contributed by atoms with Crippen LogP contribution in [-0.2, 0) is 0 Å². The summed E-state index contributed by atoms with van der Waals surface area (Å²) in [5, 5.41) is 13.7. The standard InChI is InChI=1S/C11H8BrClN4/c1-6-8(5-14)11(15)17(16-6)10-4-7(12)2-3-9(10)13/h2-4H,15H2,1H3. The van der Waals surface area contributed by atoms with Gasteiger partial charge in [-0.15, -0.1) is 0 Å². The van der Waals surface area contributed by atoms with E-state index in [2.05, 4.69) is 21.0 Å². The Morgan fingerprint density at radius 3 is 2.82 bits per heavy atom. The maximum Gasteiger partial charge on any atom is 0.145 e. The van der Waals surface area contributed by atoms with Gasteiger partial charge in [0.2, 0.25) is 0 Å². The molecule has 86 valence electrons. The number of anilines is 1. The molecule has 0 aliphatic carbocycles. The van der Waals surface area contributed by atoms with Gasteiger partial charge < -0.3 is 5.73 Å². The third kappa shape index (κ3) is 2.02. The van der Waals surface area contributed by atoms with E-state index in [4.69, 9.17) is 22.6 Å². The predicted octanol–water partition coefficient (Wildman–Crippen LogP) is 3.05. The van der Waals surface area contributed by atoms with Gasteiger partial charge in [-0.25, -0.2) is 4.68 Å². The SMILES string of the molecule is Cc1nn(-c2cc(Br)ccc2Cl)c(N)c1C#N. The number of nitrogens with two attached hydrogens (primary N) is 1. The van der Waals surface area contributed by atoms with E-state index in [-0.39, 0.29) is 0 Å². The van der Waals surface area contributed by atoms with Gasteiger partial charge in [-0.2, -0.15) is 10.4 Å². The highest BCUT2D eigenvalue weighted by molar-refractivity contribution is 9.10. The number of rotatable bonds is 1. The molecule has 0 saturated carbocycles. The van der Waals surface area contributed by atoms with Crippen LogP contribution in [0.25, 0.3) is 5.69 Å². The van der Waals surface area contributed by atoms with Crippen molar-refractivity contribution in [1.82, 2.24) is 9.78 Å². The molecule has 2 rings (SSSR count). The first-order chi connectivity index (χ1) is 8.04. The first kappa shape index (κ1) is 12.0. The van der Waals surface area contributed by atoms with Crippen LogP contribution in [0.5, 0.6) is 0 Å². The first-order valence-corrected chi connectivity index (χ1v) is 5.92. The summed E-state index contributed by atoms with van der Waals surface area (Å²) in [6.45, 7) is 1.73. The minimum atomic E-state index is 0.296. The zero-order chi connectivity index (χ0) is 12.6. The molecular formula is C11H8BrClN4. The zero-order valence-electron chi connectivity index (χ0n) is 8.91. The average molecular weight is 312 g/mol. The number of nitriles is 1. The van der Waals surface area contributed by atoms with Crippen molar-refractivity contribution in [2.24, 2.45) is 0 Å². The van der Waals surface area contributed by atoms with Crippen LogP contribution in [0.4, 0.5) is 5.82 Å². The summed E-state index contributed by atoms with van der Waals surface area (Å²) in [5.41, 5.74) is 7.47. The molecule has 17 heavy (non-hydrogen) atoms. The smallest absolute Gasteiger partial charge is 0.145 e. The average Bonchev–Trinajstić information content (AvgIpc) is 2.57. The molecule has 0 saturated heterocycles. The minimum absolute atomic E-state index is 0.296. The Hall–Kier alpha value is -1.51. The van der Waals surface area contributed by atoms with Crippen molar-refractivity contribution in [3.05, 3.63) is 39.0 Å². The minimum Gasteiger partial charge on any atom is -0.382 e. The van der Waals surface area contributed by atoms with E-state index in [0.717, 1.165) is 4.47 Å². The summed E-state index contributed by atoms with van der Waals surface area (Å²) in [5.74, 6) is 0.296. The number of benzene rings is 1. The predicted molar refractivity (Wildman–Crippen MR) is 70.1 cm³/mol. The molecule has 0 radical (unpaired) electrons. The highest BCUT2D eigenvalue weighted by Crippen LogP contribution is 2.28. The Morgan fingerprint density at radius 2 is 2.24 bits per heavy atom. The van der Waals surface area contributed by atoms with Crippen LogP contribution < -0.4 is 5.73 Å². The van der Waals surface area contributed by atoms with Crippen molar-refractivity contribution in [3.63, 3.8) is 0 Å². The van der Waals surface area contributed by atoms with E-state index in [1.807, 2.05) is 12.1 Å². The molecule has 0 bridgehead atoms. The molecule has 2 N–H and O–H groups in total. The van der Waals surface area contributed by atoms with E-state index in [1.165, 1.54) is 4.68 Å². The topological polar surface area (TPSA) is 67.6 Å². The summed E-state index contributed by atoms with van der Waals surface area (Å²) >= 11 is 9.44. The molecule has 1 aromatic carbocycles. The molecule has 6 heteroatoms. The van der Waals surface area contributed by atoms with Crippen LogP contribution in [-0.4, -0.2) is 9.78 Å². The van der Waals surface area contributed by atoms with Crippen LogP contribution in [0, 0.1) is 18.3 Å². The van der Waals surface area contributed by atoms with Gasteiger partial charge in [0.1, 0.15) is 17.5 Å². The molecule has 1 aromatic heterocycles. The number of hydrogen-bond donors (Lipinski definition) is 1. The number of aryl methyl sites for hydroxylation is 1. The van der Waals surface area contributed by atoms with Crippen molar-refractivity contribution in [2.75, 3.05) is 5.73 Å². The fraction of sp³-hybridized carbons (Fsp3) is 0.0909. The highest BCUT2D eigenvalue weighted by atomic mass is 79.9. The number of aromatic nitrogens is 2. The van der Waals surface area contributed by atoms with Gasteiger partial charge in [0.25, 0.3) is 0 Å². The number of nitrogen functional groups attached to an aromatic ring is 1. The van der Waals surface area contributed by atoms with Gasteiger partial charge in [-0.3, -0.25) is 0 Å². The molecule has 0 aliphatic heterocycles. The van der Waals surface area contributed by atoms with E-state index >= 15 is 0 Å². The van der Waals surface area contributed by atoms with E-state index in [1.54, 1.807) is 19.1 Å². The van der Waals surface area contributed by atoms with Crippen LogP contribution in [0.3, 0.4) is 0 Å². The van der Waals surface area contributed by atoms with Crippen LogP contribution in [0.1, 0.15) is 11.3 Å². The van der Waals surface area contributed by atoms with Crippen LogP contribution in [0.2, 0.25) is 5.02 Å². The number of hydrogen-bond acceptors (Lipinski definition) is 3. The first-order valence-electron chi connectivity index (χ1n) is 4.75. The molecule has 4 nitrogen and oxygen atoms in total. The van der Waals surface area contributed by atoms with E-state index < -0.39 is 0 Å². The summed E-state index contributed by atoms with van der Waals surface area (Å²) in [6.07, 6.45) is 0. The number of nitrogens with zero attached hydrogens (tertiary/aromatic N) is 3. The summed E-state index contributed by atoms with van der Waals surface area (Å²) in [7, 11) is 0. The van der Waals surface area contributed by atoms with Gasteiger partial charge in [0, 0.05) is 4.47 Å². The van der Waals surface area contributed by atoms with Gasteiger partial charge in [0.15, 0.2) is 0 Å². The fourth-order valence-electron chi connectivity index (χ4n) is 1.52. The summed E-state index contributed by atoms with van der Waals surface area (Å²) < 4.78 is 2.34. The summed E-state index contributed by atoms with van der Waals surface area (Å²) in [4.78, 5) is 0. The lowest BCUT2D eigenvalue weighted by Crippen LogP contribution is -2.03. The molecule has 0 amide bonds.